The van der Waals surface area contributed by atoms with Crippen LogP contribution in [-0.4, -0.2) is 0 Å². The minimum Gasteiger partial charge on any atom is -0.0780 e. The van der Waals surface area contributed by atoms with Gasteiger partial charge in [0, 0.05) is 12.6 Å². The Morgan fingerprint density at radius 3 is 1.37 bits per heavy atom. The fourth-order valence-electron chi connectivity index (χ4n) is 3.81. The first kappa shape index (κ1) is 23.7. The SMILES string of the molecule is CC(C)(C)c1pc(C(C)(C)C)p(P(c2ccccc2)c2ccccc2)c1C(C)(C)C. The predicted molar refractivity (Wildman–Crippen MR) is 142 cm³/mol. The minimum absolute atomic E-state index is 0.165. The fraction of sp³-hybridized carbons (Fsp3) is 0.444. The molecule has 160 valence electrons. The Morgan fingerprint density at radius 1 is 0.600 bits per heavy atom. The van der Waals surface area contributed by atoms with Crippen LogP contribution in [0.1, 0.15) is 77.9 Å². The largest absolute Gasteiger partial charge is 0.0780 e. The monoisotopic (exact) mass is 454 g/mol. The standard InChI is InChI=1S/C27H37P3/c1-25(2,3)22-23(26(4,5)6)30(24(28-22)27(7,8)9)29(20-16-12-10-13-17-20)21-18-14-11-15-19-21/h10-19H,1-9H3. The average Bonchev–Trinajstić information content (AvgIpc) is 3.05. The second-order valence-electron chi connectivity index (χ2n) is 11.2. The van der Waals surface area contributed by atoms with Crippen molar-refractivity contribution < 1.29 is 0 Å². The maximum absolute atomic E-state index is 2.44. The van der Waals surface area contributed by atoms with E-state index in [-0.39, 0.29) is 16.2 Å². The number of rotatable bonds is 3. The molecule has 0 aliphatic carbocycles. The van der Waals surface area contributed by atoms with Crippen LogP contribution in [0.25, 0.3) is 0 Å². The lowest BCUT2D eigenvalue weighted by Crippen LogP contribution is -2.19. The topological polar surface area (TPSA) is 0 Å². The molecule has 1 aromatic heterocycles. The van der Waals surface area contributed by atoms with Crippen LogP contribution in [0.2, 0.25) is 0 Å². The lowest BCUT2D eigenvalue weighted by molar-refractivity contribution is 0.551. The number of hydrogen-bond donors (Lipinski definition) is 0. The van der Waals surface area contributed by atoms with E-state index in [1.807, 2.05) is 0 Å². The molecule has 0 aliphatic rings. The van der Waals surface area contributed by atoms with E-state index in [0.29, 0.717) is 0 Å². The summed E-state index contributed by atoms with van der Waals surface area (Å²) in [5.74, 6) is 0. The molecule has 2 aromatic carbocycles. The van der Waals surface area contributed by atoms with Crippen molar-refractivity contribution in [2.24, 2.45) is 0 Å². The van der Waals surface area contributed by atoms with Crippen molar-refractivity contribution in [3.05, 3.63) is 76.3 Å². The van der Waals surface area contributed by atoms with Crippen LogP contribution in [0, 0.1) is 0 Å². The van der Waals surface area contributed by atoms with Crippen molar-refractivity contribution in [2.45, 2.75) is 78.6 Å². The van der Waals surface area contributed by atoms with Gasteiger partial charge < -0.3 is 0 Å². The molecule has 3 aromatic rings. The van der Waals surface area contributed by atoms with E-state index in [1.54, 1.807) is 15.6 Å². The molecule has 30 heavy (non-hydrogen) atoms. The molecule has 0 fully saturated rings. The molecule has 0 saturated heterocycles. The van der Waals surface area contributed by atoms with Gasteiger partial charge in [-0.15, -0.1) is 0 Å². The van der Waals surface area contributed by atoms with Gasteiger partial charge in [-0.05, 0) is 37.4 Å². The van der Waals surface area contributed by atoms with Gasteiger partial charge >= 0.3 is 0 Å². The Kier molecular flexibility index (Phi) is 6.76. The summed E-state index contributed by atoms with van der Waals surface area (Å²) < 4.78 is 0. The summed E-state index contributed by atoms with van der Waals surface area (Å²) in [6.45, 7) is 21.8. The molecule has 0 N–H and O–H groups in total. The molecule has 0 amide bonds. The number of hydrogen-bond acceptors (Lipinski definition) is 0. The molecule has 1 unspecified atom stereocenters. The second kappa shape index (κ2) is 8.55. The summed E-state index contributed by atoms with van der Waals surface area (Å²) in [7, 11) is 0.600. The van der Waals surface area contributed by atoms with E-state index in [0.717, 1.165) is 0 Å². The van der Waals surface area contributed by atoms with Gasteiger partial charge in [0.25, 0.3) is 0 Å². The second-order valence-corrected chi connectivity index (χ2v) is 18.2. The van der Waals surface area contributed by atoms with Crippen LogP contribution in [0.4, 0.5) is 0 Å². The minimum atomic E-state index is -0.470. The van der Waals surface area contributed by atoms with Gasteiger partial charge in [-0.1, -0.05) is 138 Å². The van der Waals surface area contributed by atoms with Gasteiger partial charge in [-0.2, -0.15) is 0 Å². The summed E-state index contributed by atoms with van der Waals surface area (Å²) >= 11 is 0. The van der Waals surface area contributed by atoms with Crippen molar-refractivity contribution in [3.8, 4) is 0 Å². The van der Waals surface area contributed by atoms with E-state index >= 15 is 0 Å². The fourth-order valence-corrected chi connectivity index (χ4v) is 17.5. The van der Waals surface area contributed by atoms with E-state index < -0.39 is 14.8 Å². The Morgan fingerprint density at radius 2 is 1.03 bits per heavy atom. The zero-order valence-corrected chi connectivity index (χ0v) is 22.8. The van der Waals surface area contributed by atoms with E-state index in [9.17, 15) is 0 Å². The molecule has 3 rings (SSSR count). The highest BCUT2D eigenvalue weighted by Gasteiger charge is 2.38. The number of benzene rings is 2. The molecule has 0 aliphatic heterocycles. The maximum atomic E-state index is 2.44. The normalized spacial score (nSPS) is 14.0. The lowest BCUT2D eigenvalue weighted by atomic mass is 9.86. The van der Waals surface area contributed by atoms with Crippen molar-refractivity contribution >= 4 is 33.6 Å². The van der Waals surface area contributed by atoms with Crippen LogP contribution in [0.5, 0.6) is 0 Å². The van der Waals surface area contributed by atoms with Crippen LogP contribution < -0.4 is 10.6 Å². The van der Waals surface area contributed by atoms with Crippen LogP contribution in [-0.2, 0) is 16.2 Å². The van der Waals surface area contributed by atoms with Gasteiger partial charge in [-0.25, -0.2) is 0 Å². The van der Waals surface area contributed by atoms with Crippen LogP contribution in [0.15, 0.2) is 60.7 Å². The first-order valence-electron chi connectivity index (χ1n) is 10.9. The van der Waals surface area contributed by atoms with E-state index in [2.05, 4.69) is 123 Å². The molecule has 3 heteroatoms. The van der Waals surface area contributed by atoms with Crippen molar-refractivity contribution in [1.29, 1.82) is 0 Å². The third kappa shape index (κ3) is 4.94. The molecule has 0 nitrogen and oxygen atoms in total. The Bertz CT molecular complexity index is 939. The molecule has 0 radical (unpaired) electrons. The summed E-state index contributed by atoms with van der Waals surface area (Å²) in [5.41, 5.74) is 0.547. The predicted octanol–water partition coefficient (Wildman–Crippen LogP) is 9.04. The van der Waals surface area contributed by atoms with E-state index in [1.165, 1.54) is 18.8 Å². The molecular formula is C27H37P3. The molecule has 0 saturated carbocycles. The maximum Gasteiger partial charge on any atom is 0.00944 e. The Labute approximate surface area is 188 Å². The van der Waals surface area contributed by atoms with Gasteiger partial charge in [-0.3, -0.25) is 0 Å². The van der Waals surface area contributed by atoms with Crippen molar-refractivity contribution in [3.63, 3.8) is 0 Å². The Balaban J connectivity index is 2.48. The molecule has 1 heterocycles. The summed E-state index contributed by atoms with van der Waals surface area (Å²) in [6.07, 6.45) is 0. The van der Waals surface area contributed by atoms with Gasteiger partial charge in [0.2, 0.25) is 0 Å². The van der Waals surface area contributed by atoms with Gasteiger partial charge in [0.15, 0.2) is 0 Å². The smallest absolute Gasteiger partial charge is 0.00944 e. The summed E-state index contributed by atoms with van der Waals surface area (Å²) in [4.78, 5) is 0. The molecule has 0 bridgehead atoms. The highest BCUT2D eigenvalue weighted by molar-refractivity contribution is 8.33. The average molecular weight is 455 g/mol. The zero-order valence-electron chi connectivity index (χ0n) is 20.1. The highest BCUT2D eigenvalue weighted by Crippen LogP contribution is 2.74. The van der Waals surface area contributed by atoms with Crippen LogP contribution in [0.3, 0.4) is 0 Å². The first-order valence-corrected chi connectivity index (χ1v) is 15.1. The molecule has 1 atom stereocenters. The molecule has 0 spiro atoms. The zero-order chi connectivity index (χ0) is 22.3. The summed E-state index contributed by atoms with van der Waals surface area (Å²) in [5, 5.41) is 8.20. The van der Waals surface area contributed by atoms with Crippen LogP contribution >= 0.6 is 23.0 Å². The third-order valence-corrected chi connectivity index (χ3v) is 16.8. The summed E-state index contributed by atoms with van der Waals surface area (Å²) in [6, 6.07) is 22.7. The third-order valence-electron chi connectivity index (χ3n) is 5.15. The lowest BCUT2D eigenvalue weighted by Gasteiger charge is -2.32. The quantitative estimate of drug-likeness (QED) is 0.346. The highest BCUT2D eigenvalue weighted by atomic mass is 32.1. The Hall–Kier alpha value is -0.920. The van der Waals surface area contributed by atoms with E-state index in [4.69, 9.17) is 0 Å². The first-order chi connectivity index (χ1) is 13.8. The van der Waals surface area contributed by atoms with Crippen molar-refractivity contribution in [1.82, 2.24) is 0 Å². The molecular weight excluding hydrogens is 417 g/mol. The van der Waals surface area contributed by atoms with Gasteiger partial charge in [0.05, 0.1) is 0 Å². The van der Waals surface area contributed by atoms with Crippen molar-refractivity contribution in [2.75, 3.05) is 0 Å². The van der Waals surface area contributed by atoms with Gasteiger partial charge in [0.1, 0.15) is 0 Å².